The minimum atomic E-state index is -3.44. The normalized spacial score (nSPS) is 12.1. The van der Waals surface area contributed by atoms with Gasteiger partial charge in [0, 0.05) is 13.2 Å². The summed E-state index contributed by atoms with van der Waals surface area (Å²) in [6, 6.07) is 3.78. The molecule has 114 valence electrons. The molecule has 0 aromatic heterocycles. The Kier molecular flexibility index (Phi) is 6.17. The summed E-state index contributed by atoms with van der Waals surface area (Å²) in [4.78, 5) is 0.396. The van der Waals surface area contributed by atoms with Gasteiger partial charge >= 0.3 is 0 Å². The molecular formula is C15H25NO3S. The number of nitrogens with one attached hydrogen (secondary N) is 1. The number of aryl methyl sites for hydroxylation is 3. The molecule has 0 unspecified atom stereocenters. The fourth-order valence-electron chi connectivity index (χ4n) is 2.26. The number of sulfonamides is 1. The molecule has 0 saturated carbocycles. The molecule has 0 fully saturated rings. The molecule has 0 atom stereocenters. The van der Waals surface area contributed by atoms with Crippen LogP contribution in [0.15, 0.2) is 17.0 Å². The molecule has 4 nitrogen and oxygen atoms in total. The molecular weight excluding hydrogens is 274 g/mol. The van der Waals surface area contributed by atoms with Crippen LogP contribution in [0.1, 0.15) is 37.0 Å². The van der Waals surface area contributed by atoms with E-state index in [9.17, 15) is 8.42 Å². The van der Waals surface area contributed by atoms with Gasteiger partial charge < -0.3 is 4.74 Å². The Morgan fingerprint density at radius 1 is 1.15 bits per heavy atom. The molecule has 0 aliphatic heterocycles. The molecule has 0 heterocycles. The van der Waals surface area contributed by atoms with E-state index in [4.69, 9.17) is 4.74 Å². The number of hydrogen-bond donors (Lipinski definition) is 1. The maximum Gasteiger partial charge on any atom is 0.241 e. The Hall–Kier alpha value is -0.910. The van der Waals surface area contributed by atoms with Crippen molar-refractivity contribution in [1.29, 1.82) is 0 Å². The number of ether oxygens (including phenoxy) is 1. The summed E-state index contributed by atoms with van der Waals surface area (Å²) in [6.45, 7) is 10.5. The van der Waals surface area contributed by atoms with Crippen LogP contribution in [0.3, 0.4) is 0 Å². The molecule has 0 spiro atoms. The number of hydrogen-bond acceptors (Lipinski definition) is 3. The van der Waals surface area contributed by atoms with Crippen molar-refractivity contribution in [3.05, 3.63) is 28.8 Å². The first-order chi connectivity index (χ1) is 9.24. The standard InChI is InChI=1S/C15H25NO3S/c1-11(2)19-8-6-7-16-20(17,18)15-13(4)9-12(3)10-14(15)5/h9-11,16H,6-8H2,1-5H3. The van der Waals surface area contributed by atoms with Crippen molar-refractivity contribution in [1.82, 2.24) is 4.72 Å². The first-order valence-corrected chi connectivity index (χ1v) is 8.41. The molecule has 0 bridgehead atoms. The summed E-state index contributed by atoms with van der Waals surface area (Å²) >= 11 is 0. The maximum absolute atomic E-state index is 12.3. The summed E-state index contributed by atoms with van der Waals surface area (Å²) in [5.41, 5.74) is 2.64. The van der Waals surface area contributed by atoms with Gasteiger partial charge in [-0.1, -0.05) is 17.7 Å². The van der Waals surface area contributed by atoms with Crippen LogP contribution in [0.25, 0.3) is 0 Å². The lowest BCUT2D eigenvalue weighted by molar-refractivity contribution is 0.0778. The zero-order valence-electron chi connectivity index (χ0n) is 13.0. The van der Waals surface area contributed by atoms with Gasteiger partial charge in [0.05, 0.1) is 11.0 Å². The third-order valence-corrected chi connectivity index (χ3v) is 4.70. The molecule has 1 aromatic rings. The average molecular weight is 299 g/mol. The van der Waals surface area contributed by atoms with Crippen LogP contribution in [0.4, 0.5) is 0 Å². The van der Waals surface area contributed by atoms with Gasteiger partial charge in [0.2, 0.25) is 10.0 Å². The molecule has 1 N–H and O–H groups in total. The van der Waals surface area contributed by atoms with Crippen LogP contribution in [0.5, 0.6) is 0 Å². The van der Waals surface area contributed by atoms with Crippen molar-refractivity contribution in [2.45, 2.75) is 52.0 Å². The monoisotopic (exact) mass is 299 g/mol. The van der Waals surface area contributed by atoms with Crippen LogP contribution in [-0.4, -0.2) is 27.7 Å². The minimum Gasteiger partial charge on any atom is -0.379 e. The Labute approximate surface area is 122 Å². The summed E-state index contributed by atoms with van der Waals surface area (Å²) < 4.78 is 32.7. The highest BCUT2D eigenvalue weighted by Gasteiger charge is 2.19. The zero-order chi connectivity index (χ0) is 15.3. The van der Waals surface area contributed by atoms with Crippen LogP contribution in [0.2, 0.25) is 0 Å². The number of rotatable bonds is 7. The second-order valence-electron chi connectivity index (χ2n) is 5.40. The molecule has 0 aliphatic rings. The van der Waals surface area contributed by atoms with Gasteiger partial charge in [-0.15, -0.1) is 0 Å². The Bertz CT molecular complexity index is 527. The fraction of sp³-hybridized carbons (Fsp3) is 0.600. The largest absolute Gasteiger partial charge is 0.379 e. The van der Waals surface area contributed by atoms with Crippen LogP contribution in [0, 0.1) is 20.8 Å². The Morgan fingerprint density at radius 2 is 1.70 bits per heavy atom. The first-order valence-electron chi connectivity index (χ1n) is 6.93. The van der Waals surface area contributed by atoms with Gasteiger partial charge in [0.15, 0.2) is 0 Å². The molecule has 20 heavy (non-hydrogen) atoms. The van der Waals surface area contributed by atoms with Gasteiger partial charge in [0.1, 0.15) is 0 Å². The van der Waals surface area contributed by atoms with Crippen molar-refractivity contribution >= 4 is 10.0 Å². The van der Waals surface area contributed by atoms with E-state index in [1.165, 1.54) is 0 Å². The Balaban J connectivity index is 2.70. The molecule has 5 heteroatoms. The van der Waals surface area contributed by atoms with E-state index in [1.807, 2.05) is 46.8 Å². The first kappa shape index (κ1) is 17.1. The predicted molar refractivity (Wildman–Crippen MR) is 81.5 cm³/mol. The summed E-state index contributed by atoms with van der Waals surface area (Å²) in [7, 11) is -3.44. The molecule has 0 amide bonds. The van der Waals surface area contributed by atoms with Crippen molar-refractivity contribution in [3.8, 4) is 0 Å². The van der Waals surface area contributed by atoms with Crippen molar-refractivity contribution in [2.24, 2.45) is 0 Å². The topological polar surface area (TPSA) is 55.4 Å². The summed E-state index contributed by atoms with van der Waals surface area (Å²) in [5, 5.41) is 0. The van der Waals surface area contributed by atoms with Crippen molar-refractivity contribution in [3.63, 3.8) is 0 Å². The highest BCUT2D eigenvalue weighted by atomic mass is 32.2. The molecule has 1 aromatic carbocycles. The quantitative estimate of drug-likeness (QED) is 0.788. The highest BCUT2D eigenvalue weighted by Crippen LogP contribution is 2.21. The van der Waals surface area contributed by atoms with Gasteiger partial charge in [-0.25, -0.2) is 13.1 Å². The lowest BCUT2D eigenvalue weighted by Crippen LogP contribution is -2.27. The zero-order valence-corrected chi connectivity index (χ0v) is 13.8. The van der Waals surface area contributed by atoms with E-state index in [1.54, 1.807) is 0 Å². The predicted octanol–water partition coefficient (Wildman–Crippen LogP) is 2.71. The lowest BCUT2D eigenvalue weighted by atomic mass is 10.1. The third kappa shape index (κ3) is 4.89. The smallest absolute Gasteiger partial charge is 0.241 e. The van der Waals surface area contributed by atoms with E-state index in [0.717, 1.165) is 16.7 Å². The SMILES string of the molecule is Cc1cc(C)c(S(=O)(=O)NCCCOC(C)C)c(C)c1. The van der Waals surface area contributed by atoms with Crippen LogP contribution in [-0.2, 0) is 14.8 Å². The van der Waals surface area contributed by atoms with Gasteiger partial charge in [0.25, 0.3) is 0 Å². The van der Waals surface area contributed by atoms with Crippen molar-refractivity contribution in [2.75, 3.05) is 13.2 Å². The van der Waals surface area contributed by atoms with Gasteiger partial charge in [-0.2, -0.15) is 0 Å². The number of benzene rings is 1. The van der Waals surface area contributed by atoms with E-state index in [2.05, 4.69) is 4.72 Å². The average Bonchev–Trinajstić information content (AvgIpc) is 2.25. The minimum absolute atomic E-state index is 0.174. The third-order valence-electron chi connectivity index (χ3n) is 2.94. The van der Waals surface area contributed by atoms with E-state index < -0.39 is 10.0 Å². The van der Waals surface area contributed by atoms with Crippen molar-refractivity contribution < 1.29 is 13.2 Å². The second-order valence-corrected chi connectivity index (χ2v) is 7.10. The van der Waals surface area contributed by atoms with Crippen LogP contribution < -0.4 is 4.72 Å². The van der Waals surface area contributed by atoms with E-state index >= 15 is 0 Å². The molecule has 1 rings (SSSR count). The molecule has 0 aliphatic carbocycles. The summed E-state index contributed by atoms with van der Waals surface area (Å²) in [6.07, 6.45) is 0.842. The maximum atomic E-state index is 12.3. The lowest BCUT2D eigenvalue weighted by Gasteiger charge is -2.13. The molecule has 0 saturated heterocycles. The van der Waals surface area contributed by atoms with E-state index in [0.29, 0.717) is 24.5 Å². The fourth-order valence-corrected chi connectivity index (χ4v) is 3.78. The second kappa shape index (κ2) is 7.20. The summed E-state index contributed by atoms with van der Waals surface area (Å²) in [5.74, 6) is 0. The van der Waals surface area contributed by atoms with E-state index in [-0.39, 0.29) is 6.10 Å². The Morgan fingerprint density at radius 3 is 2.20 bits per heavy atom. The van der Waals surface area contributed by atoms with Crippen LogP contribution >= 0.6 is 0 Å². The highest BCUT2D eigenvalue weighted by molar-refractivity contribution is 7.89. The molecule has 0 radical (unpaired) electrons. The van der Waals surface area contributed by atoms with Gasteiger partial charge in [-0.05, 0) is 52.2 Å². The van der Waals surface area contributed by atoms with Gasteiger partial charge in [-0.3, -0.25) is 0 Å².